The van der Waals surface area contributed by atoms with Crippen LogP contribution in [0.4, 0.5) is 0 Å². The summed E-state index contributed by atoms with van der Waals surface area (Å²) < 4.78 is 7.01. The number of aromatic hydroxyl groups is 1. The molecule has 0 radical (unpaired) electrons. The van der Waals surface area contributed by atoms with Gasteiger partial charge in [0.15, 0.2) is 5.92 Å². The predicted octanol–water partition coefficient (Wildman–Crippen LogP) is 9.11. The number of hydrogen-bond acceptors (Lipinski definition) is 6. The van der Waals surface area contributed by atoms with E-state index < -0.39 is 23.5 Å². The fourth-order valence-corrected chi connectivity index (χ4v) is 9.50. The smallest absolute Gasteiger partial charge is 0.321 e. The molecular formula is C42H72N2O5. The van der Waals surface area contributed by atoms with Crippen molar-refractivity contribution in [3.63, 3.8) is 0 Å². The van der Waals surface area contributed by atoms with Crippen LogP contribution in [-0.4, -0.2) is 73.8 Å². The number of rotatable bonds is 9. The summed E-state index contributed by atoms with van der Waals surface area (Å²) in [5.74, 6) is -2.85. The molecule has 2 fully saturated rings. The Kier molecular flexibility index (Phi) is 11.3. The van der Waals surface area contributed by atoms with E-state index in [2.05, 4.69) is 86.2 Å². The molecule has 49 heavy (non-hydrogen) atoms. The maximum absolute atomic E-state index is 14.7. The molecule has 7 nitrogen and oxygen atoms in total. The highest BCUT2D eigenvalue weighted by molar-refractivity contribution is 5.94. The van der Waals surface area contributed by atoms with Gasteiger partial charge in [-0.25, -0.2) is 0 Å². The number of phenolic OH excluding ortho intramolecular Hbond substituents is 1. The second kappa shape index (κ2) is 13.5. The molecule has 3 rings (SSSR count). The number of likely N-dealkylation sites (tertiary alicyclic amines) is 2. The topological polar surface area (TPSA) is 90.3 Å². The van der Waals surface area contributed by atoms with Crippen molar-refractivity contribution in [3.05, 3.63) is 28.8 Å². The number of carbonyl (C=O) groups is 2. The molecule has 0 amide bonds. The van der Waals surface area contributed by atoms with Gasteiger partial charge >= 0.3 is 11.9 Å². The van der Waals surface area contributed by atoms with Gasteiger partial charge in [-0.3, -0.25) is 19.4 Å². The van der Waals surface area contributed by atoms with Gasteiger partial charge in [0.2, 0.25) is 0 Å². The number of carbonyl (C=O) groups excluding carboxylic acids is 1. The van der Waals surface area contributed by atoms with E-state index >= 15 is 0 Å². The second-order valence-electron chi connectivity index (χ2n) is 20.3. The number of aliphatic carboxylic acids is 1. The highest BCUT2D eigenvalue weighted by atomic mass is 16.6. The van der Waals surface area contributed by atoms with E-state index in [0.717, 1.165) is 48.8 Å². The third-order valence-corrected chi connectivity index (χ3v) is 12.7. The lowest BCUT2D eigenvalue weighted by molar-refractivity contribution is -0.210. The van der Waals surface area contributed by atoms with Crippen LogP contribution in [0.3, 0.4) is 0 Å². The van der Waals surface area contributed by atoms with Crippen LogP contribution in [0.1, 0.15) is 159 Å². The summed E-state index contributed by atoms with van der Waals surface area (Å²) in [7, 11) is 4.39. The van der Waals surface area contributed by atoms with Crippen molar-refractivity contribution in [2.45, 2.75) is 187 Å². The van der Waals surface area contributed by atoms with Gasteiger partial charge in [-0.05, 0) is 136 Å². The molecule has 0 bridgehead atoms. The van der Waals surface area contributed by atoms with Crippen molar-refractivity contribution in [1.29, 1.82) is 0 Å². The molecule has 1 atom stereocenters. The molecule has 2 aliphatic heterocycles. The Morgan fingerprint density at radius 1 is 0.776 bits per heavy atom. The Labute approximate surface area is 299 Å². The zero-order valence-corrected chi connectivity index (χ0v) is 34.4. The van der Waals surface area contributed by atoms with Crippen LogP contribution in [0.15, 0.2) is 12.1 Å². The molecule has 1 aromatic carbocycles. The summed E-state index contributed by atoms with van der Waals surface area (Å²) in [6.07, 6.45) is 4.93. The van der Waals surface area contributed by atoms with Crippen molar-refractivity contribution in [2.75, 3.05) is 14.1 Å². The van der Waals surface area contributed by atoms with E-state index in [1.165, 1.54) is 0 Å². The minimum absolute atomic E-state index is 0.00239. The average Bonchev–Trinajstić information content (AvgIpc) is 2.91. The van der Waals surface area contributed by atoms with Gasteiger partial charge in [-0.15, -0.1) is 0 Å². The van der Waals surface area contributed by atoms with E-state index in [4.69, 9.17) is 4.74 Å². The minimum Gasteiger partial charge on any atom is -0.507 e. The number of piperidine rings is 2. The predicted molar refractivity (Wildman–Crippen MR) is 201 cm³/mol. The molecule has 1 unspecified atom stereocenters. The first-order valence-corrected chi connectivity index (χ1v) is 18.7. The number of hydrogen-bond donors (Lipinski definition) is 2. The maximum Gasteiger partial charge on any atom is 0.321 e. The third kappa shape index (κ3) is 8.35. The van der Waals surface area contributed by atoms with E-state index in [1.54, 1.807) is 0 Å². The standard InChI is InChI=1S/C42H72N2O5/c1-18-19-42(28-23-38(8,9)43(16)39(10,11)24-28,29-25-40(12,13)44(17)41(14,15)26-29)49-35(48)30(34(46)47)20-27-21-31(36(2,3)4)33(45)32(22-27)37(5,6)7/h21-22,28-30,45H,18-20,23-26H2,1-17H3,(H,46,47). The lowest BCUT2D eigenvalue weighted by Crippen LogP contribution is -2.67. The van der Waals surface area contributed by atoms with Crippen LogP contribution >= 0.6 is 0 Å². The Hall–Kier alpha value is -2.12. The van der Waals surface area contributed by atoms with Crippen LogP contribution < -0.4 is 0 Å². The van der Waals surface area contributed by atoms with Crippen LogP contribution in [0.5, 0.6) is 5.75 Å². The molecule has 7 heteroatoms. The Morgan fingerprint density at radius 2 is 1.12 bits per heavy atom. The summed E-state index contributed by atoms with van der Waals surface area (Å²) in [4.78, 5) is 32.7. The van der Waals surface area contributed by atoms with Gasteiger partial charge in [-0.2, -0.15) is 0 Å². The number of nitrogens with zero attached hydrogens (tertiary/aromatic N) is 2. The first kappa shape index (κ1) is 41.3. The van der Waals surface area contributed by atoms with Crippen molar-refractivity contribution < 1.29 is 24.5 Å². The molecule has 2 heterocycles. The van der Waals surface area contributed by atoms with Gasteiger partial charge in [-0.1, -0.05) is 67.0 Å². The molecule has 1 aromatic rings. The van der Waals surface area contributed by atoms with Gasteiger partial charge < -0.3 is 14.9 Å². The molecule has 0 aliphatic carbocycles. The fourth-order valence-electron chi connectivity index (χ4n) is 9.50. The Morgan fingerprint density at radius 3 is 1.41 bits per heavy atom. The summed E-state index contributed by atoms with van der Waals surface area (Å²) in [6, 6.07) is 3.77. The Bertz CT molecular complexity index is 1260. The average molecular weight is 685 g/mol. The second-order valence-corrected chi connectivity index (χ2v) is 20.3. The van der Waals surface area contributed by atoms with E-state index in [1.807, 2.05) is 53.7 Å². The van der Waals surface area contributed by atoms with Crippen molar-refractivity contribution in [3.8, 4) is 5.75 Å². The van der Waals surface area contributed by atoms with Crippen LogP contribution in [0.2, 0.25) is 0 Å². The quantitative estimate of drug-likeness (QED) is 0.198. The van der Waals surface area contributed by atoms with Gasteiger partial charge in [0, 0.05) is 34.0 Å². The lowest BCUT2D eigenvalue weighted by atomic mass is 9.58. The lowest BCUT2D eigenvalue weighted by Gasteiger charge is -2.62. The molecule has 0 aromatic heterocycles. The van der Waals surface area contributed by atoms with Crippen molar-refractivity contribution >= 4 is 11.9 Å². The monoisotopic (exact) mass is 685 g/mol. The normalized spacial score (nSPS) is 22.9. The number of benzene rings is 1. The first-order valence-electron chi connectivity index (χ1n) is 18.7. The molecular weight excluding hydrogens is 612 g/mol. The number of phenols is 1. The summed E-state index contributed by atoms with van der Waals surface area (Å²) >= 11 is 0. The van der Waals surface area contributed by atoms with Gasteiger partial charge in [0.25, 0.3) is 0 Å². The Balaban J connectivity index is 2.21. The minimum atomic E-state index is -1.37. The number of carboxylic acid groups (broad SMARTS) is 1. The molecule has 2 N–H and O–H groups in total. The van der Waals surface area contributed by atoms with Crippen molar-refractivity contribution in [2.24, 2.45) is 17.8 Å². The molecule has 280 valence electrons. The first-order chi connectivity index (χ1) is 21.9. The molecule has 2 aliphatic rings. The van der Waals surface area contributed by atoms with Gasteiger partial charge in [0.05, 0.1) is 0 Å². The highest BCUT2D eigenvalue weighted by Gasteiger charge is 2.59. The maximum atomic E-state index is 14.7. The summed E-state index contributed by atoms with van der Waals surface area (Å²) in [6.45, 7) is 32.7. The number of ether oxygens (including phenoxy) is 1. The highest BCUT2D eigenvalue weighted by Crippen LogP contribution is 2.55. The van der Waals surface area contributed by atoms with Crippen LogP contribution in [0, 0.1) is 17.8 Å². The molecule has 2 saturated heterocycles. The van der Waals surface area contributed by atoms with Gasteiger partial charge in [0.1, 0.15) is 11.4 Å². The largest absolute Gasteiger partial charge is 0.507 e. The molecule has 0 saturated carbocycles. The number of esters is 1. The van der Waals surface area contributed by atoms with Crippen LogP contribution in [-0.2, 0) is 31.6 Å². The van der Waals surface area contributed by atoms with Crippen LogP contribution in [0.25, 0.3) is 0 Å². The number of carboxylic acids is 1. The third-order valence-electron chi connectivity index (χ3n) is 12.7. The summed E-state index contributed by atoms with van der Waals surface area (Å²) in [5.41, 5.74) is 0.0817. The fraction of sp³-hybridized carbons (Fsp3) is 0.810. The van der Waals surface area contributed by atoms with Crippen molar-refractivity contribution in [1.82, 2.24) is 9.80 Å². The molecule has 0 spiro atoms. The van der Waals surface area contributed by atoms with E-state index in [9.17, 15) is 19.8 Å². The zero-order chi connectivity index (χ0) is 37.9. The summed E-state index contributed by atoms with van der Waals surface area (Å²) in [5, 5.41) is 22.0. The van der Waals surface area contributed by atoms with E-state index in [-0.39, 0.29) is 57.0 Å². The van der Waals surface area contributed by atoms with E-state index in [0.29, 0.717) is 6.42 Å². The SMILES string of the molecule is CCCC(OC(=O)C(Cc1cc(C(C)(C)C)c(O)c(C(C)(C)C)c1)C(=O)O)(C1CC(C)(C)N(C)C(C)(C)C1)C1CC(C)(C)N(C)C(C)(C)C1. The zero-order valence-electron chi connectivity index (χ0n) is 34.4.